The van der Waals surface area contributed by atoms with Crippen molar-refractivity contribution in [3.05, 3.63) is 0 Å². The van der Waals surface area contributed by atoms with Crippen LogP contribution >= 0.6 is 0 Å². The van der Waals surface area contributed by atoms with Gasteiger partial charge >= 0.3 is 0 Å². The van der Waals surface area contributed by atoms with Gasteiger partial charge in [-0.1, -0.05) is 0 Å². The molecule has 0 spiro atoms. The molecule has 0 aromatic rings. The zero-order chi connectivity index (χ0) is 7.65. The van der Waals surface area contributed by atoms with Crippen molar-refractivity contribution >= 4 is 11.2 Å². The normalized spacial score (nSPS) is 16.3. The molecule has 0 bridgehead atoms. The molecule has 0 aliphatic heterocycles. The second-order valence-corrected chi connectivity index (χ2v) is 6.22. The fourth-order valence-electron chi connectivity index (χ4n) is 0.707. The maximum Gasteiger partial charge on any atom is 0.117 e. The summed E-state index contributed by atoms with van der Waals surface area (Å²) in [5.74, 6) is 0. The van der Waals surface area contributed by atoms with Gasteiger partial charge in [-0.2, -0.15) is 0 Å². The van der Waals surface area contributed by atoms with Crippen LogP contribution in [0.4, 0.5) is 0 Å². The summed E-state index contributed by atoms with van der Waals surface area (Å²) >= 11 is -0.689. The van der Waals surface area contributed by atoms with Crippen LogP contribution < -0.4 is 0 Å². The number of rotatable bonds is 1. The molecule has 0 heterocycles. The summed E-state index contributed by atoms with van der Waals surface area (Å²) in [4.78, 5) is 0. The lowest BCUT2D eigenvalue weighted by Gasteiger charge is -2.27. The largest absolute Gasteiger partial charge is 0.616 e. The molecule has 0 rings (SSSR count). The first-order valence-corrected chi connectivity index (χ1v) is 4.47. The summed E-state index contributed by atoms with van der Waals surface area (Å²) in [5.41, 5.74) is 0. The standard InChI is InChI=1S/C7H16OS/c1-6(2)9(8)7(3,4)5/h6H,1-5H3. The van der Waals surface area contributed by atoms with Gasteiger partial charge in [0, 0.05) is 0 Å². The van der Waals surface area contributed by atoms with Crippen molar-refractivity contribution in [2.24, 2.45) is 0 Å². The third kappa shape index (κ3) is 3.11. The number of hydrogen-bond acceptors (Lipinski definition) is 1. The highest BCUT2D eigenvalue weighted by atomic mass is 32.2. The summed E-state index contributed by atoms with van der Waals surface area (Å²) in [6, 6.07) is 0. The molecule has 1 nitrogen and oxygen atoms in total. The van der Waals surface area contributed by atoms with Crippen molar-refractivity contribution in [3.63, 3.8) is 0 Å². The molecular weight excluding hydrogens is 132 g/mol. The Hall–Kier alpha value is 0.310. The molecule has 9 heavy (non-hydrogen) atoms. The van der Waals surface area contributed by atoms with E-state index in [0.29, 0.717) is 0 Å². The third-order valence-corrected chi connectivity index (χ3v) is 3.10. The Labute approximate surface area is 61.0 Å². The van der Waals surface area contributed by atoms with E-state index in [9.17, 15) is 4.55 Å². The zero-order valence-electron chi connectivity index (χ0n) is 6.89. The molecule has 0 aromatic carbocycles. The topological polar surface area (TPSA) is 23.1 Å². The summed E-state index contributed by atoms with van der Waals surface area (Å²) in [6.07, 6.45) is 0. The Balaban J connectivity index is 3.88. The second kappa shape index (κ2) is 2.93. The molecule has 0 aliphatic rings. The van der Waals surface area contributed by atoms with Crippen LogP contribution in [0.2, 0.25) is 0 Å². The quantitative estimate of drug-likeness (QED) is 0.521. The zero-order valence-corrected chi connectivity index (χ0v) is 7.71. The van der Waals surface area contributed by atoms with Gasteiger partial charge in [0.1, 0.15) is 10.00 Å². The first kappa shape index (κ1) is 9.31. The summed E-state index contributed by atoms with van der Waals surface area (Å²) in [6.45, 7) is 9.98. The van der Waals surface area contributed by atoms with Crippen LogP contribution in [0.5, 0.6) is 0 Å². The van der Waals surface area contributed by atoms with Crippen LogP contribution in [0.1, 0.15) is 34.6 Å². The molecule has 0 aliphatic carbocycles. The van der Waals surface area contributed by atoms with Crippen LogP contribution in [-0.2, 0) is 11.2 Å². The van der Waals surface area contributed by atoms with Crippen LogP contribution in [-0.4, -0.2) is 14.5 Å². The van der Waals surface area contributed by atoms with E-state index in [0.717, 1.165) is 0 Å². The van der Waals surface area contributed by atoms with Crippen LogP contribution in [0, 0.1) is 0 Å². The molecular formula is C7H16OS. The van der Waals surface area contributed by atoms with Gasteiger partial charge in [0.05, 0.1) is 0 Å². The van der Waals surface area contributed by atoms with E-state index < -0.39 is 11.2 Å². The average molecular weight is 148 g/mol. The van der Waals surface area contributed by atoms with E-state index in [1.165, 1.54) is 0 Å². The van der Waals surface area contributed by atoms with Crippen LogP contribution in [0.15, 0.2) is 0 Å². The van der Waals surface area contributed by atoms with Gasteiger partial charge in [-0.15, -0.1) is 0 Å². The van der Waals surface area contributed by atoms with Crippen molar-refractivity contribution in [2.75, 3.05) is 0 Å². The van der Waals surface area contributed by atoms with E-state index in [1.54, 1.807) is 0 Å². The molecule has 1 atom stereocenters. The molecule has 0 saturated heterocycles. The van der Waals surface area contributed by atoms with Gasteiger partial charge in [-0.3, -0.25) is 0 Å². The molecule has 0 amide bonds. The lowest BCUT2D eigenvalue weighted by molar-refractivity contribution is 0.550. The summed E-state index contributed by atoms with van der Waals surface area (Å²) < 4.78 is 11.2. The van der Waals surface area contributed by atoms with Crippen molar-refractivity contribution in [1.29, 1.82) is 0 Å². The van der Waals surface area contributed by atoms with Gasteiger partial charge in [0.15, 0.2) is 0 Å². The van der Waals surface area contributed by atoms with E-state index >= 15 is 0 Å². The molecule has 0 radical (unpaired) electrons. The number of hydrogen-bond donors (Lipinski definition) is 0. The maximum absolute atomic E-state index is 11.3. The summed E-state index contributed by atoms with van der Waals surface area (Å²) in [7, 11) is 0. The van der Waals surface area contributed by atoms with Gasteiger partial charge in [-0.05, 0) is 45.8 Å². The fraction of sp³-hybridized carbons (Fsp3) is 1.00. The molecule has 56 valence electrons. The minimum atomic E-state index is -0.689. The van der Waals surface area contributed by atoms with Crippen molar-refractivity contribution < 1.29 is 4.55 Å². The van der Waals surface area contributed by atoms with Crippen molar-refractivity contribution in [2.45, 2.75) is 44.6 Å². The van der Waals surface area contributed by atoms with Crippen LogP contribution in [0.25, 0.3) is 0 Å². The second-order valence-electron chi connectivity index (χ2n) is 3.46. The SMILES string of the molecule is CC(C)[S+]([O-])C(C)(C)C. The highest BCUT2D eigenvalue weighted by Gasteiger charge is 2.27. The van der Waals surface area contributed by atoms with Gasteiger partial charge in [-0.25, -0.2) is 0 Å². The van der Waals surface area contributed by atoms with Crippen molar-refractivity contribution in [1.82, 2.24) is 0 Å². The Morgan fingerprint density at radius 3 is 1.56 bits per heavy atom. The predicted octanol–water partition coefficient (Wildman–Crippen LogP) is 1.94. The molecule has 0 aromatic heterocycles. The molecule has 0 N–H and O–H groups in total. The maximum atomic E-state index is 11.3. The van der Waals surface area contributed by atoms with Crippen molar-refractivity contribution in [3.8, 4) is 0 Å². The highest BCUT2D eigenvalue weighted by Crippen LogP contribution is 2.19. The Morgan fingerprint density at radius 2 is 1.56 bits per heavy atom. The van der Waals surface area contributed by atoms with E-state index in [-0.39, 0.29) is 10.00 Å². The van der Waals surface area contributed by atoms with Gasteiger partial charge in [0.25, 0.3) is 0 Å². The Kier molecular flexibility index (Phi) is 3.03. The molecule has 1 unspecified atom stereocenters. The minimum Gasteiger partial charge on any atom is -0.616 e. The molecule has 2 heteroatoms. The summed E-state index contributed by atoms with van der Waals surface area (Å²) in [5, 5.41) is 0.282. The molecule has 0 fully saturated rings. The smallest absolute Gasteiger partial charge is 0.117 e. The fourth-order valence-corrected chi connectivity index (χ4v) is 2.12. The van der Waals surface area contributed by atoms with E-state index in [4.69, 9.17) is 0 Å². The average Bonchev–Trinajstić information content (AvgIpc) is 1.62. The molecule has 0 saturated carbocycles. The first-order valence-electron chi connectivity index (χ1n) is 3.26. The third-order valence-electron chi connectivity index (χ3n) is 1.03. The van der Waals surface area contributed by atoms with Gasteiger partial charge in [0.2, 0.25) is 0 Å². The lowest BCUT2D eigenvalue weighted by atomic mass is 10.3. The predicted molar refractivity (Wildman–Crippen MR) is 43.0 cm³/mol. The minimum absolute atomic E-state index is 0.0475. The van der Waals surface area contributed by atoms with Gasteiger partial charge < -0.3 is 4.55 Å². The monoisotopic (exact) mass is 148 g/mol. The first-order chi connectivity index (χ1) is 3.85. The van der Waals surface area contributed by atoms with E-state index in [2.05, 4.69) is 0 Å². The van der Waals surface area contributed by atoms with Crippen LogP contribution in [0.3, 0.4) is 0 Å². The highest BCUT2D eigenvalue weighted by molar-refractivity contribution is 7.93. The Bertz CT molecular complexity index is 83.4. The Morgan fingerprint density at radius 1 is 1.22 bits per heavy atom. The lowest BCUT2D eigenvalue weighted by Crippen LogP contribution is -2.34. The van der Waals surface area contributed by atoms with E-state index in [1.807, 2.05) is 34.6 Å².